The Kier molecular flexibility index (Phi) is 7.79. The summed E-state index contributed by atoms with van der Waals surface area (Å²) in [5.74, 6) is -0.425. The minimum absolute atomic E-state index is 0. The van der Waals surface area contributed by atoms with Crippen LogP contribution in [0.15, 0.2) is 18.2 Å². The van der Waals surface area contributed by atoms with Crippen LogP contribution in [0.25, 0.3) is 0 Å². The predicted octanol–water partition coefficient (Wildman–Crippen LogP) is 0.101. The molecular formula is C12H16BF3KNO3. The van der Waals surface area contributed by atoms with Crippen LogP contribution in [0.2, 0.25) is 0 Å². The minimum atomic E-state index is -5.24. The number of amides is 1. The third-order valence-electron chi connectivity index (χ3n) is 2.24. The van der Waals surface area contributed by atoms with Crippen molar-refractivity contribution in [3.8, 4) is 5.75 Å². The van der Waals surface area contributed by atoms with Crippen LogP contribution in [0, 0.1) is 0 Å². The number of carbonyl (C=O) groups is 1. The van der Waals surface area contributed by atoms with Gasteiger partial charge >= 0.3 is 64.5 Å². The van der Waals surface area contributed by atoms with Gasteiger partial charge in [0.25, 0.3) is 0 Å². The molecule has 0 unspecified atom stereocenters. The summed E-state index contributed by atoms with van der Waals surface area (Å²) in [6.07, 6.45) is -0.845. The van der Waals surface area contributed by atoms with Crippen molar-refractivity contribution in [3.05, 3.63) is 18.2 Å². The molecule has 0 saturated carbocycles. The number of carbonyl (C=O) groups excluding carboxylic acids is 1. The summed E-state index contributed by atoms with van der Waals surface area (Å²) in [5, 5.41) is 2.25. The van der Waals surface area contributed by atoms with Crippen molar-refractivity contribution in [2.75, 3.05) is 12.4 Å². The molecule has 0 spiro atoms. The summed E-state index contributed by atoms with van der Waals surface area (Å²) in [7, 11) is 1.11. The van der Waals surface area contributed by atoms with Crippen molar-refractivity contribution in [2.45, 2.75) is 26.4 Å². The third-order valence-corrected chi connectivity index (χ3v) is 2.24. The van der Waals surface area contributed by atoms with E-state index in [2.05, 4.69) is 5.32 Å². The van der Waals surface area contributed by atoms with Crippen molar-refractivity contribution >= 4 is 24.2 Å². The predicted molar refractivity (Wildman–Crippen MR) is 71.6 cm³/mol. The maximum absolute atomic E-state index is 12.9. The van der Waals surface area contributed by atoms with Gasteiger partial charge in [-0.25, -0.2) is 4.79 Å². The van der Waals surface area contributed by atoms with E-state index in [9.17, 15) is 17.7 Å². The maximum atomic E-state index is 12.9. The smallest absolute Gasteiger partial charge is 0.498 e. The number of hydrogen-bond acceptors (Lipinski definition) is 3. The molecule has 1 amide bonds. The van der Waals surface area contributed by atoms with Gasteiger partial charge < -0.3 is 22.4 Å². The van der Waals surface area contributed by atoms with Crippen LogP contribution in [-0.4, -0.2) is 25.8 Å². The Morgan fingerprint density at radius 2 is 1.81 bits per heavy atom. The maximum Gasteiger partial charge on any atom is 1.00 e. The number of nitrogens with one attached hydrogen (secondary N) is 1. The van der Waals surface area contributed by atoms with Gasteiger partial charge in [-0.2, -0.15) is 0 Å². The van der Waals surface area contributed by atoms with E-state index in [4.69, 9.17) is 9.47 Å². The van der Waals surface area contributed by atoms with Gasteiger partial charge in [0.05, 0.1) is 12.8 Å². The first-order valence-electron chi connectivity index (χ1n) is 5.91. The van der Waals surface area contributed by atoms with Crippen molar-refractivity contribution in [1.82, 2.24) is 0 Å². The molecule has 0 aromatic heterocycles. The normalized spacial score (nSPS) is 11.4. The van der Waals surface area contributed by atoms with Crippen molar-refractivity contribution in [3.63, 3.8) is 0 Å². The van der Waals surface area contributed by atoms with Crippen LogP contribution in [0.5, 0.6) is 5.75 Å². The summed E-state index contributed by atoms with van der Waals surface area (Å²) >= 11 is 0. The number of rotatable bonds is 3. The Balaban J connectivity index is 0.00000400. The van der Waals surface area contributed by atoms with E-state index in [1.54, 1.807) is 20.8 Å². The van der Waals surface area contributed by atoms with Crippen molar-refractivity contribution in [1.29, 1.82) is 0 Å². The van der Waals surface area contributed by atoms with E-state index < -0.39 is 29.9 Å². The molecule has 21 heavy (non-hydrogen) atoms. The standard InChI is InChI=1S/C12H16BF3NO3.K/c1-12(2,3)20-11(18)17-9-7-5-6-8(10(9)19-4)13(14,15)16;/h5-7H,1-4H3,(H,17,18);/q-1;+1. The number of methoxy groups -OCH3 is 1. The van der Waals surface area contributed by atoms with E-state index in [-0.39, 0.29) is 57.1 Å². The van der Waals surface area contributed by atoms with E-state index in [0.717, 1.165) is 13.2 Å². The second-order valence-corrected chi connectivity index (χ2v) is 5.13. The molecule has 1 aromatic rings. The second-order valence-electron chi connectivity index (χ2n) is 5.13. The summed E-state index contributed by atoms with van der Waals surface area (Å²) in [6.45, 7) is -0.280. The Bertz CT molecular complexity index is 504. The molecule has 4 nitrogen and oxygen atoms in total. The average Bonchev–Trinajstić information content (AvgIpc) is 2.24. The van der Waals surface area contributed by atoms with Gasteiger partial charge in [0.2, 0.25) is 0 Å². The average molecular weight is 329 g/mol. The number of halogens is 3. The summed E-state index contributed by atoms with van der Waals surface area (Å²) in [4.78, 5) is 11.6. The van der Waals surface area contributed by atoms with E-state index in [1.165, 1.54) is 12.1 Å². The van der Waals surface area contributed by atoms with Gasteiger partial charge in [-0.1, -0.05) is 17.6 Å². The molecule has 1 N–H and O–H groups in total. The van der Waals surface area contributed by atoms with Gasteiger partial charge in [-0.3, -0.25) is 5.32 Å². The van der Waals surface area contributed by atoms with Gasteiger partial charge in [0, 0.05) is 0 Å². The molecule has 0 heterocycles. The Labute approximate surface area is 164 Å². The van der Waals surface area contributed by atoms with Crippen molar-refractivity contribution in [2.24, 2.45) is 0 Å². The zero-order valence-electron chi connectivity index (χ0n) is 12.7. The zero-order valence-corrected chi connectivity index (χ0v) is 15.8. The number of hydrogen-bond donors (Lipinski definition) is 1. The molecule has 1 rings (SSSR count). The molecule has 0 aliphatic carbocycles. The van der Waals surface area contributed by atoms with E-state index in [0.29, 0.717) is 0 Å². The quantitative estimate of drug-likeness (QED) is 0.801. The van der Waals surface area contributed by atoms with Crippen LogP contribution in [0.1, 0.15) is 20.8 Å². The van der Waals surface area contributed by atoms with Gasteiger partial charge in [-0.05, 0) is 26.8 Å². The molecule has 0 aliphatic rings. The van der Waals surface area contributed by atoms with Crippen LogP contribution in [0.4, 0.5) is 23.4 Å². The number of anilines is 1. The SMILES string of the molecule is COc1c(NC(=O)OC(C)(C)C)cccc1[B-](F)(F)F.[K+]. The number of para-hydroxylation sites is 1. The second kappa shape index (κ2) is 7.87. The van der Waals surface area contributed by atoms with Crippen LogP contribution >= 0.6 is 0 Å². The first-order valence-corrected chi connectivity index (χ1v) is 5.91. The Morgan fingerprint density at radius 3 is 2.24 bits per heavy atom. The first kappa shape index (κ1) is 20.8. The van der Waals surface area contributed by atoms with Gasteiger partial charge in [-0.15, -0.1) is 0 Å². The summed E-state index contributed by atoms with van der Waals surface area (Å²) in [5.41, 5.74) is -1.73. The summed E-state index contributed by atoms with van der Waals surface area (Å²) in [6, 6.07) is 3.41. The van der Waals surface area contributed by atoms with Crippen LogP contribution in [0.3, 0.4) is 0 Å². The fraction of sp³-hybridized carbons (Fsp3) is 0.417. The Morgan fingerprint density at radius 1 is 1.24 bits per heavy atom. The van der Waals surface area contributed by atoms with Crippen LogP contribution < -0.4 is 66.9 Å². The number of benzene rings is 1. The molecule has 112 valence electrons. The first-order chi connectivity index (χ1) is 9.04. The summed E-state index contributed by atoms with van der Waals surface area (Å²) < 4.78 is 48.3. The third kappa shape index (κ3) is 6.60. The largest absolute Gasteiger partial charge is 1.00 e. The zero-order chi connectivity index (χ0) is 15.6. The minimum Gasteiger partial charge on any atom is -0.498 e. The fourth-order valence-corrected chi connectivity index (χ4v) is 1.55. The molecule has 0 atom stereocenters. The number of ether oxygens (including phenoxy) is 2. The topological polar surface area (TPSA) is 47.6 Å². The van der Waals surface area contributed by atoms with Gasteiger partial charge in [0.1, 0.15) is 11.4 Å². The van der Waals surface area contributed by atoms with Crippen molar-refractivity contribution < 1.29 is 78.6 Å². The molecule has 0 saturated heterocycles. The van der Waals surface area contributed by atoms with Gasteiger partial charge in [0.15, 0.2) is 0 Å². The molecule has 0 aliphatic heterocycles. The monoisotopic (exact) mass is 329 g/mol. The molecule has 9 heteroatoms. The molecule has 0 fully saturated rings. The van der Waals surface area contributed by atoms with Crippen LogP contribution in [-0.2, 0) is 4.74 Å². The fourth-order valence-electron chi connectivity index (χ4n) is 1.55. The Hall–Kier alpha value is -0.219. The molecule has 0 radical (unpaired) electrons. The molecular weight excluding hydrogens is 313 g/mol. The molecule has 0 bridgehead atoms. The van der Waals surface area contributed by atoms with E-state index in [1.807, 2.05) is 0 Å². The van der Waals surface area contributed by atoms with E-state index >= 15 is 0 Å². The molecule has 1 aromatic carbocycles.